The summed E-state index contributed by atoms with van der Waals surface area (Å²) in [4.78, 5) is 16.3. The van der Waals surface area contributed by atoms with Gasteiger partial charge in [0.05, 0.1) is 12.9 Å². The second-order valence-electron chi connectivity index (χ2n) is 11.2. The summed E-state index contributed by atoms with van der Waals surface area (Å²) in [7, 11) is 0. The van der Waals surface area contributed by atoms with Crippen LogP contribution in [-0.4, -0.2) is 27.7 Å². The van der Waals surface area contributed by atoms with Gasteiger partial charge in [0.2, 0.25) is 11.6 Å². The minimum Gasteiger partial charge on any atom is -0.492 e. The molecule has 5 aliphatic carbocycles. The van der Waals surface area contributed by atoms with Crippen molar-refractivity contribution in [1.82, 2.24) is 9.55 Å². The number of ether oxygens (including phenoxy) is 2. The summed E-state index contributed by atoms with van der Waals surface area (Å²) in [6.07, 6.45) is 16.0. The van der Waals surface area contributed by atoms with Gasteiger partial charge in [-0.25, -0.2) is 4.98 Å². The summed E-state index contributed by atoms with van der Waals surface area (Å²) in [5.74, 6) is 3.35. The van der Waals surface area contributed by atoms with E-state index < -0.39 is 11.6 Å². The molecule has 5 saturated carbocycles. The molecular formula is C27H34N2O4. The zero-order chi connectivity index (χ0) is 21.9. The summed E-state index contributed by atoms with van der Waals surface area (Å²) in [5.41, 5.74) is 1.38. The van der Waals surface area contributed by atoms with Gasteiger partial charge in [-0.15, -0.1) is 0 Å². The Hall–Kier alpha value is -1.89. The highest BCUT2D eigenvalue weighted by molar-refractivity contribution is 5.30. The summed E-state index contributed by atoms with van der Waals surface area (Å²) < 4.78 is 14.8. The quantitative estimate of drug-likeness (QED) is 0.567. The largest absolute Gasteiger partial charge is 0.492 e. The molecule has 8 rings (SSSR count). The molecule has 1 saturated heterocycles. The summed E-state index contributed by atoms with van der Waals surface area (Å²) >= 11 is 0. The van der Waals surface area contributed by atoms with Gasteiger partial charge in [0, 0.05) is 37.1 Å². The maximum Gasteiger partial charge on any atom is 0.210 e. The summed E-state index contributed by atoms with van der Waals surface area (Å²) in [6, 6.07) is 8.65. The number of rotatable bonds is 5. The molecule has 6 fully saturated rings. The monoisotopic (exact) mass is 450 g/mol. The van der Waals surface area contributed by atoms with E-state index in [1.807, 2.05) is 17.1 Å². The van der Waals surface area contributed by atoms with Crippen molar-refractivity contribution in [2.24, 2.45) is 23.7 Å². The van der Waals surface area contributed by atoms with Crippen LogP contribution in [0.4, 0.5) is 0 Å². The van der Waals surface area contributed by atoms with Crippen molar-refractivity contribution in [2.45, 2.75) is 81.8 Å². The van der Waals surface area contributed by atoms with Crippen molar-refractivity contribution in [2.75, 3.05) is 6.61 Å². The number of nitrogens with zero attached hydrogens (tertiary/aromatic N) is 2. The van der Waals surface area contributed by atoms with Gasteiger partial charge >= 0.3 is 0 Å². The predicted octanol–water partition coefficient (Wildman–Crippen LogP) is 5.45. The highest BCUT2D eigenvalue weighted by atomic mass is 17.3. The third kappa shape index (κ3) is 3.53. The molecule has 2 heterocycles. The maximum atomic E-state index is 6.86. The van der Waals surface area contributed by atoms with Crippen LogP contribution in [-0.2, 0) is 21.1 Å². The molecule has 1 aromatic heterocycles. The van der Waals surface area contributed by atoms with E-state index in [0.717, 1.165) is 49.8 Å². The molecule has 6 heteroatoms. The molecule has 6 aliphatic rings. The van der Waals surface area contributed by atoms with Gasteiger partial charge < -0.3 is 14.0 Å². The zero-order valence-corrected chi connectivity index (χ0v) is 19.2. The molecule has 2 aromatic rings. The standard InChI is InChI=1S/C27H34N2O4/c1-3-25(30-12-11-29-10-9-28-18-29)4-2-21(1)22-5-7-26(8-6-22)31-27(33-32-26)23-14-19-13-20(16-23)17-24(27)15-19/h1-4,9-10,18-20,22-24H,5-8,11-17H2. The van der Waals surface area contributed by atoms with E-state index in [2.05, 4.69) is 29.2 Å². The average Bonchev–Trinajstić information content (AvgIpc) is 3.48. The van der Waals surface area contributed by atoms with Crippen molar-refractivity contribution in [3.8, 4) is 5.75 Å². The third-order valence-electron chi connectivity index (χ3n) is 9.22. The van der Waals surface area contributed by atoms with Crippen molar-refractivity contribution >= 4 is 0 Å². The third-order valence-corrected chi connectivity index (χ3v) is 9.22. The van der Waals surface area contributed by atoms with Gasteiger partial charge in [-0.05, 0) is 80.4 Å². The topological polar surface area (TPSA) is 54.7 Å². The Kier molecular flexibility index (Phi) is 4.86. The molecule has 1 aliphatic heterocycles. The number of hydrogen-bond donors (Lipinski definition) is 0. The normalized spacial score (nSPS) is 41.3. The van der Waals surface area contributed by atoms with Crippen molar-refractivity contribution < 1.29 is 19.2 Å². The van der Waals surface area contributed by atoms with Gasteiger partial charge in [-0.1, -0.05) is 12.1 Å². The number of aromatic nitrogens is 2. The molecule has 4 bridgehead atoms. The Morgan fingerprint density at radius 2 is 1.67 bits per heavy atom. The van der Waals surface area contributed by atoms with Gasteiger partial charge in [0.15, 0.2) is 0 Å². The lowest BCUT2D eigenvalue weighted by Crippen LogP contribution is -2.59. The Labute approximate surface area is 195 Å². The molecule has 1 aromatic carbocycles. The van der Waals surface area contributed by atoms with Crippen LogP contribution in [0.5, 0.6) is 5.75 Å². The fraction of sp³-hybridized carbons (Fsp3) is 0.667. The molecule has 0 unspecified atom stereocenters. The first-order valence-corrected chi connectivity index (χ1v) is 13.0. The van der Waals surface area contributed by atoms with Gasteiger partial charge in [0.25, 0.3) is 0 Å². The lowest BCUT2D eigenvalue weighted by molar-refractivity contribution is -0.390. The first kappa shape index (κ1) is 20.5. The molecule has 0 N–H and O–H groups in total. The van der Waals surface area contributed by atoms with Gasteiger partial charge in [-0.3, -0.25) is 0 Å². The minimum atomic E-state index is -0.526. The van der Waals surface area contributed by atoms with Crippen LogP contribution in [0.1, 0.15) is 69.3 Å². The predicted molar refractivity (Wildman–Crippen MR) is 121 cm³/mol. The zero-order valence-electron chi connectivity index (χ0n) is 19.2. The number of imidazole rings is 1. The fourth-order valence-electron chi connectivity index (χ4n) is 7.71. The lowest BCUT2D eigenvalue weighted by Gasteiger charge is -2.57. The van der Waals surface area contributed by atoms with Crippen LogP contribution in [0.15, 0.2) is 43.0 Å². The Balaban J connectivity index is 0.956. The first-order valence-electron chi connectivity index (χ1n) is 13.0. The Bertz CT molecular complexity index is 937. The summed E-state index contributed by atoms with van der Waals surface area (Å²) in [5, 5.41) is 0. The minimum absolute atomic E-state index is 0.448. The van der Waals surface area contributed by atoms with Crippen molar-refractivity contribution in [3.05, 3.63) is 48.5 Å². The smallest absolute Gasteiger partial charge is 0.210 e. The molecule has 0 amide bonds. The second kappa shape index (κ2) is 7.82. The molecule has 176 valence electrons. The van der Waals surface area contributed by atoms with E-state index in [1.165, 1.54) is 37.7 Å². The molecule has 6 nitrogen and oxygen atoms in total. The highest BCUT2D eigenvalue weighted by Gasteiger charge is 2.66. The van der Waals surface area contributed by atoms with E-state index in [1.54, 1.807) is 6.20 Å². The summed E-state index contributed by atoms with van der Waals surface area (Å²) in [6.45, 7) is 1.45. The van der Waals surface area contributed by atoms with Crippen molar-refractivity contribution in [3.63, 3.8) is 0 Å². The van der Waals surface area contributed by atoms with Crippen LogP contribution in [0.3, 0.4) is 0 Å². The van der Waals surface area contributed by atoms with Crippen LogP contribution >= 0.6 is 0 Å². The molecule has 2 spiro atoms. The maximum absolute atomic E-state index is 6.86. The fourth-order valence-corrected chi connectivity index (χ4v) is 7.71. The van der Waals surface area contributed by atoms with E-state index in [-0.39, 0.29) is 0 Å². The van der Waals surface area contributed by atoms with E-state index in [0.29, 0.717) is 24.4 Å². The van der Waals surface area contributed by atoms with E-state index in [9.17, 15) is 0 Å². The molecular weight excluding hydrogens is 416 g/mol. The molecule has 0 radical (unpaired) electrons. The van der Waals surface area contributed by atoms with Crippen molar-refractivity contribution in [1.29, 1.82) is 0 Å². The van der Waals surface area contributed by atoms with Crippen LogP contribution in [0.2, 0.25) is 0 Å². The van der Waals surface area contributed by atoms with Gasteiger partial charge in [-0.2, -0.15) is 9.78 Å². The highest BCUT2D eigenvalue weighted by Crippen LogP contribution is 2.64. The van der Waals surface area contributed by atoms with Crippen LogP contribution < -0.4 is 4.74 Å². The first-order chi connectivity index (χ1) is 16.2. The van der Waals surface area contributed by atoms with Crippen LogP contribution in [0, 0.1) is 23.7 Å². The second-order valence-corrected chi connectivity index (χ2v) is 11.2. The van der Waals surface area contributed by atoms with E-state index in [4.69, 9.17) is 19.2 Å². The van der Waals surface area contributed by atoms with Gasteiger partial charge in [0.1, 0.15) is 12.4 Å². The molecule has 33 heavy (non-hydrogen) atoms. The Morgan fingerprint density at radius 3 is 2.33 bits per heavy atom. The van der Waals surface area contributed by atoms with E-state index >= 15 is 0 Å². The lowest BCUT2D eigenvalue weighted by atomic mass is 9.53. The number of hydrogen-bond acceptors (Lipinski definition) is 5. The number of benzene rings is 1. The average molecular weight is 451 g/mol. The van der Waals surface area contributed by atoms with Crippen LogP contribution in [0.25, 0.3) is 0 Å². The molecule has 0 atom stereocenters. The SMILES string of the molecule is c1cn(CCOc2ccc(C3CCC4(CC3)OOC3(O4)C4CC5CC(C4)CC3C5)cc2)cn1. The Morgan fingerprint density at radius 1 is 0.939 bits per heavy atom.